The van der Waals surface area contributed by atoms with Crippen LogP contribution in [0.4, 0.5) is 4.79 Å². The highest BCUT2D eigenvalue weighted by Gasteiger charge is 2.33. The summed E-state index contributed by atoms with van der Waals surface area (Å²) in [5, 5.41) is 8.64. The molecule has 1 fully saturated rings. The molecule has 0 saturated carbocycles. The van der Waals surface area contributed by atoms with Gasteiger partial charge in [0.05, 0.1) is 6.42 Å². The van der Waals surface area contributed by atoms with Gasteiger partial charge < -0.3 is 14.9 Å². The van der Waals surface area contributed by atoms with Gasteiger partial charge in [-0.05, 0) is 18.3 Å². The number of carbonyl (C=O) groups excluding carboxylic acids is 1. The Bertz CT molecular complexity index is 317. The van der Waals surface area contributed by atoms with Crippen molar-refractivity contribution in [3.05, 3.63) is 0 Å². The lowest BCUT2D eigenvalue weighted by atomic mass is 9.74. The van der Waals surface area contributed by atoms with E-state index in [1.165, 1.54) is 17.7 Å². The smallest absolute Gasteiger partial charge is 0.319 e. The number of carboxylic acids is 1. The van der Waals surface area contributed by atoms with E-state index in [4.69, 9.17) is 5.11 Å². The van der Waals surface area contributed by atoms with Crippen molar-refractivity contribution in [3.63, 3.8) is 0 Å². The zero-order valence-electron chi connectivity index (χ0n) is 12.3. The Kier molecular flexibility index (Phi) is 5.63. The standard InChI is InChI=1S/C14H26N2O3/c1-4-14(5-2)7-10-16(11-8-14)13(19)15(3)9-6-12(17)18/h4-11H2,1-3H3,(H,17,18). The summed E-state index contributed by atoms with van der Waals surface area (Å²) in [7, 11) is 1.67. The van der Waals surface area contributed by atoms with Gasteiger partial charge in [-0.1, -0.05) is 26.7 Å². The van der Waals surface area contributed by atoms with Crippen molar-refractivity contribution in [2.24, 2.45) is 5.41 Å². The van der Waals surface area contributed by atoms with E-state index in [2.05, 4.69) is 13.8 Å². The molecule has 0 radical (unpaired) electrons. The SMILES string of the molecule is CCC1(CC)CCN(C(=O)N(C)CCC(=O)O)CC1. The van der Waals surface area contributed by atoms with E-state index in [9.17, 15) is 9.59 Å². The highest BCUT2D eigenvalue weighted by atomic mass is 16.4. The molecule has 5 nitrogen and oxygen atoms in total. The van der Waals surface area contributed by atoms with Crippen LogP contribution in [0, 0.1) is 5.41 Å². The third kappa shape index (κ3) is 4.11. The van der Waals surface area contributed by atoms with Crippen molar-refractivity contribution in [2.45, 2.75) is 46.0 Å². The highest BCUT2D eigenvalue weighted by molar-refractivity contribution is 5.75. The second-order valence-electron chi connectivity index (χ2n) is 5.54. The van der Waals surface area contributed by atoms with Gasteiger partial charge in [-0.3, -0.25) is 4.79 Å². The number of carboxylic acid groups (broad SMARTS) is 1. The molecule has 1 saturated heterocycles. The highest BCUT2D eigenvalue weighted by Crippen LogP contribution is 2.37. The van der Waals surface area contributed by atoms with Gasteiger partial charge in [-0.2, -0.15) is 0 Å². The maximum Gasteiger partial charge on any atom is 0.319 e. The Balaban J connectivity index is 2.46. The van der Waals surface area contributed by atoms with Crippen LogP contribution in [0.1, 0.15) is 46.0 Å². The molecule has 0 unspecified atom stereocenters. The van der Waals surface area contributed by atoms with Crippen molar-refractivity contribution < 1.29 is 14.7 Å². The molecule has 0 aromatic carbocycles. The summed E-state index contributed by atoms with van der Waals surface area (Å²) in [5.41, 5.74) is 0.399. The van der Waals surface area contributed by atoms with Gasteiger partial charge in [0.25, 0.3) is 0 Å². The minimum absolute atomic E-state index is 0.00391. The summed E-state index contributed by atoms with van der Waals surface area (Å²) in [4.78, 5) is 26.0. The molecule has 1 N–H and O–H groups in total. The van der Waals surface area contributed by atoms with Gasteiger partial charge in [0.1, 0.15) is 0 Å². The topological polar surface area (TPSA) is 60.9 Å². The average Bonchev–Trinajstić information content (AvgIpc) is 2.44. The maximum atomic E-state index is 12.2. The van der Waals surface area contributed by atoms with Gasteiger partial charge in [-0.15, -0.1) is 0 Å². The summed E-state index contributed by atoms with van der Waals surface area (Å²) in [6.07, 6.45) is 4.45. The number of piperidine rings is 1. The number of likely N-dealkylation sites (tertiary alicyclic amines) is 1. The first-order valence-corrected chi connectivity index (χ1v) is 7.16. The van der Waals surface area contributed by atoms with Crippen molar-refractivity contribution in [2.75, 3.05) is 26.7 Å². The van der Waals surface area contributed by atoms with Gasteiger partial charge >= 0.3 is 12.0 Å². The van der Waals surface area contributed by atoms with Crippen LogP contribution < -0.4 is 0 Å². The zero-order valence-corrected chi connectivity index (χ0v) is 12.3. The fraction of sp³-hybridized carbons (Fsp3) is 0.857. The van der Waals surface area contributed by atoms with Crippen molar-refractivity contribution in [1.29, 1.82) is 0 Å². The molecule has 5 heteroatoms. The van der Waals surface area contributed by atoms with Crippen molar-refractivity contribution in [3.8, 4) is 0 Å². The predicted octanol–water partition coefficient (Wildman–Crippen LogP) is 2.42. The summed E-state index contributed by atoms with van der Waals surface area (Å²) in [6, 6.07) is -0.0398. The first-order valence-electron chi connectivity index (χ1n) is 7.16. The number of urea groups is 1. The van der Waals surface area contributed by atoms with Crippen LogP contribution in [0.2, 0.25) is 0 Å². The Hall–Kier alpha value is -1.26. The van der Waals surface area contributed by atoms with E-state index in [0.29, 0.717) is 5.41 Å². The van der Waals surface area contributed by atoms with Crippen LogP contribution in [0.15, 0.2) is 0 Å². The molecule has 0 aromatic heterocycles. The largest absolute Gasteiger partial charge is 0.481 e. The third-order valence-electron chi connectivity index (χ3n) is 4.58. The molecule has 0 bridgehead atoms. The van der Waals surface area contributed by atoms with Crippen LogP contribution in [0.5, 0.6) is 0 Å². The van der Waals surface area contributed by atoms with Gasteiger partial charge in [0, 0.05) is 26.7 Å². The molecule has 0 spiro atoms. The molecule has 19 heavy (non-hydrogen) atoms. The second kappa shape index (κ2) is 6.78. The van der Waals surface area contributed by atoms with Crippen molar-refractivity contribution in [1.82, 2.24) is 9.80 Å². The van der Waals surface area contributed by atoms with Gasteiger partial charge in [0.2, 0.25) is 0 Å². The van der Waals surface area contributed by atoms with E-state index in [-0.39, 0.29) is 19.0 Å². The first kappa shape index (κ1) is 15.8. The number of aliphatic carboxylic acids is 1. The lowest BCUT2D eigenvalue weighted by molar-refractivity contribution is -0.137. The summed E-state index contributed by atoms with van der Waals surface area (Å²) < 4.78 is 0. The zero-order chi connectivity index (χ0) is 14.5. The molecule has 2 amide bonds. The lowest BCUT2D eigenvalue weighted by Gasteiger charge is -2.42. The molecule has 1 heterocycles. The fourth-order valence-electron chi connectivity index (χ4n) is 2.73. The molecule has 0 aliphatic carbocycles. The Labute approximate surface area is 115 Å². The number of carbonyl (C=O) groups is 2. The summed E-state index contributed by atoms with van der Waals surface area (Å²) in [5.74, 6) is -0.866. The van der Waals surface area contributed by atoms with Crippen LogP contribution in [-0.2, 0) is 4.79 Å². The normalized spacial score (nSPS) is 18.2. The fourth-order valence-corrected chi connectivity index (χ4v) is 2.73. The lowest BCUT2D eigenvalue weighted by Crippen LogP contribution is -2.48. The number of hydrogen-bond donors (Lipinski definition) is 1. The van der Waals surface area contributed by atoms with E-state index >= 15 is 0 Å². The molecule has 110 valence electrons. The average molecular weight is 270 g/mol. The number of amides is 2. The molecule has 0 atom stereocenters. The summed E-state index contributed by atoms with van der Waals surface area (Å²) in [6.45, 7) is 6.30. The Morgan fingerprint density at radius 2 is 1.74 bits per heavy atom. The van der Waals surface area contributed by atoms with E-state index in [1.807, 2.05) is 4.90 Å². The molecule has 1 aliphatic heterocycles. The van der Waals surface area contributed by atoms with Crippen LogP contribution in [0.25, 0.3) is 0 Å². The first-order chi connectivity index (χ1) is 8.94. The molecule has 1 aliphatic rings. The van der Waals surface area contributed by atoms with Crippen LogP contribution in [0.3, 0.4) is 0 Å². The van der Waals surface area contributed by atoms with E-state index in [0.717, 1.165) is 25.9 Å². The monoisotopic (exact) mass is 270 g/mol. The van der Waals surface area contributed by atoms with E-state index in [1.54, 1.807) is 7.05 Å². The van der Waals surface area contributed by atoms with Crippen LogP contribution >= 0.6 is 0 Å². The van der Waals surface area contributed by atoms with Gasteiger partial charge in [-0.25, -0.2) is 4.79 Å². The van der Waals surface area contributed by atoms with Gasteiger partial charge in [0.15, 0.2) is 0 Å². The Morgan fingerprint density at radius 1 is 1.21 bits per heavy atom. The molecule has 0 aromatic rings. The molecular formula is C14H26N2O3. The van der Waals surface area contributed by atoms with Crippen LogP contribution in [-0.4, -0.2) is 53.6 Å². The minimum atomic E-state index is -0.866. The van der Waals surface area contributed by atoms with E-state index < -0.39 is 5.97 Å². The number of nitrogens with zero attached hydrogens (tertiary/aromatic N) is 2. The maximum absolute atomic E-state index is 12.2. The van der Waals surface area contributed by atoms with Crippen molar-refractivity contribution >= 4 is 12.0 Å². The molecule has 1 rings (SSSR count). The predicted molar refractivity (Wildman–Crippen MR) is 74.1 cm³/mol. The molecular weight excluding hydrogens is 244 g/mol. The number of rotatable bonds is 5. The third-order valence-corrected chi connectivity index (χ3v) is 4.58. The number of hydrogen-bond acceptors (Lipinski definition) is 2. The quantitative estimate of drug-likeness (QED) is 0.834. The summed E-state index contributed by atoms with van der Waals surface area (Å²) >= 11 is 0. The second-order valence-corrected chi connectivity index (χ2v) is 5.54. The minimum Gasteiger partial charge on any atom is -0.481 e. The Morgan fingerprint density at radius 3 is 2.16 bits per heavy atom.